The standard InChI is InChI=1S/C21H19NO5/c1-14(17-11-12-20(26-2)19-6-4-3-5-18(17)19)21(23)27-13-15-7-9-16(10-8-15)22(24)25/h3-12,14H,13H2,1-2H3/t14-/m0/s1. The van der Waals surface area contributed by atoms with Gasteiger partial charge in [0.1, 0.15) is 12.4 Å². The molecule has 3 aromatic carbocycles. The van der Waals surface area contributed by atoms with Crippen LogP contribution < -0.4 is 4.74 Å². The van der Waals surface area contributed by atoms with Gasteiger partial charge < -0.3 is 9.47 Å². The molecule has 0 aromatic heterocycles. The number of nitro groups is 1. The first kappa shape index (κ1) is 18.4. The number of benzene rings is 3. The van der Waals surface area contributed by atoms with E-state index in [1.807, 2.05) is 36.4 Å². The van der Waals surface area contributed by atoms with Crippen molar-refractivity contribution in [3.8, 4) is 5.75 Å². The second-order valence-corrected chi connectivity index (χ2v) is 6.16. The summed E-state index contributed by atoms with van der Waals surface area (Å²) in [5, 5.41) is 12.6. The second kappa shape index (κ2) is 7.86. The molecule has 0 unspecified atom stereocenters. The molecule has 0 fully saturated rings. The van der Waals surface area contributed by atoms with Crippen LogP contribution in [0.2, 0.25) is 0 Å². The molecule has 0 bridgehead atoms. The molecule has 3 aromatic rings. The van der Waals surface area contributed by atoms with Crippen molar-refractivity contribution in [2.24, 2.45) is 0 Å². The fourth-order valence-electron chi connectivity index (χ4n) is 2.97. The highest BCUT2D eigenvalue weighted by Gasteiger charge is 2.20. The van der Waals surface area contributed by atoms with E-state index in [1.165, 1.54) is 12.1 Å². The highest BCUT2D eigenvalue weighted by Crippen LogP contribution is 2.32. The van der Waals surface area contributed by atoms with Crippen molar-refractivity contribution < 1.29 is 19.2 Å². The molecule has 0 saturated heterocycles. The third-order valence-electron chi connectivity index (χ3n) is 4.49. The quantitative estimate of drug-likeness (QED) is 0.362. The molecule has 0 radical (unpaired) electrons. The van der Waals surface area contributed by atoms with Gasteiger partial charge in [-0.2, -0.15) is 0 Å². The Morgan fingerprint density at radius 2 is 1.70 bits per heavy atom. The number of non-ortho nitro benzene ring substituents is 1. The largest absolute Gasteiger partial charge is 0.496 e. The predicted octanol–water partition coefficient (Wildman–Crippen LogP) is 4.60. The van der Waals surface area contributed by atoms with Crippen LogP contribution in [0.3, 0.4) is 0 Å². The van der Waals surface area contributed by atoms with Crippen LogP contribution in [0.1, 0.15) is 24.0 Å². The molecule has 0 heterocycles. The Hall–Kier alpha value is -3.41. The lowest BCUT2D eigenvalue weighted by molar-refractivity contribution is -0.384. The van der Waals surface area contributed by atoms with Crippen molar-refractivity contribution in [3.63, 3.8) is 0 Å². The molecule has 6 nitrogen and oxygen atoms in total. The minimum absolute atomic E-state index is 0.00291. The minimum atomic E-state index is -0.466. The summed E-state index contributed by atoms with van der Waals surface area (Å²) < 4.78 is 10.8. The van der Waals surface area contributed by atoms with Crippen LogP contribution in [0.5, 0.6) is 5.75 Å². The first-order chi connectivity index (χ1) is 13.0. The molecular formula is C21H19NO5. The van der Waals surface area contributed by atoms with Crippen LogP contribution in [0.4, 0.5) is 5.69 Å². The maximum atomic E-state index is 12.5. The number of carbonyl (C=O) groups is 1. The number of nitrogens with zero attached hydrogens (tertiary/aromatic N) is 1. The van der Waals surface area contributed by atoms with Crippen LogP contribution in [-0.2, 0) is 16.1 Å². The Bertz CT molecular complexity index is 982. The van der Waals surface area contributed by atoms with Crippen LogP contribution >= 0.6 is 0 Å². The molecule has 0 aliphatic heterocycles. The molecule has 0 spiro atoms. The van der Waals surface area contributed by atoms with Crippen molar-refractivity contribution >= 4 is 22.4 Å². The summed E-state index contributed by atoms with van der Waals surface area (Å²) in [4.78, 5) is 22.8. The number of rotatable bonds is 6. The Kier molecular flexibility index (Phi) is 5.35. The smallest absolute Gasteiger partial charge is 0.313 e. The lowest BCUT2D eigenvalue weighted by atomic mass is 9.94. The van der Waals surface area contributed by atoms with Gasteiger partial charge in [-0.05, 0) is 41.6 Å². The summed E-state index contributed by atoms with van der Waals surface area (Å²) in [6, 6.07) is 17.4. The Morgan fingerprint density at radius 1 is 1.04 bits per heavy atom. The number of carbonyl (C=O) groups excluding carboxylic acids is 1. The molecule has 0 aliphatic rings. The first-order valence-electron chi connectivity index (χ1n) is 8.47. The highest BCUT2D eigenvalue weighted by molar-refractivity contribution is 5.94. The Balaban J connectivity index is 1.76. The van der Waals surface area contributed by atoms with E-state index < -0.39 is 10.8 Å². The molecule has 3 rings (SSSR count). The molecule has 27 heavy (non-hydrogen) atoms. The monoisotopic (exact) mass is 365 g/mol. The van der Waals surface area contributed by atoms with Gasteiger partial charge in [0.15, 0.2) is 0 Å². The van der Waals surface area contributed by atoms with E-state index in [2.05, 4.69) is 0 Å². The number of hydrogen-bond acceptors (Lipinski definition) is 5. The van der Waals surface area contributed by atoms with Gasteiger partial charge in [0.25, 0.3) is 5.69 Å². The van der Waals surface area contributed by atoms with Crippen LogP contribution in [0.15, 0.2) is 60.7 Å². The Morgan fingerprint density at radius 3 is 2.33 bits per heavy atom. The zero-order valence-corrected chi connectivity index (χ0v) is 15.0. The molecule has 138 valence electrons. The fraction of sp³-hybridized carbons (Fsp3) is 0.190. The normalized spacial score (nSPS) is 11.8. The number of ether oxygens (including phenoxy) is 2. The van der Waals surface area contributed by atoms with Gasteiger partial charge in [0.05, 0.1) is 18.0 Å². The molecular weight excluding hydrogens is 346 g/mol. The third kappa shape index (κ3) is 3.89. The number of methoxy groups -OCH3 is 1. The molecule has 1 atom stereocenters. The van der Waals surface area contributed by atoms with Gasteiger partial charge >= 0.3 is 5.97 Å². The Labute approximate surface area is 156 Å². The van der Waals surface area contributed by atoms with E-state index in [-0.39, 0.29) is 18.3 Å². The first-order valence-corrected chi connectivity index (χ1v) is 8.47. The topological polar surface area (TPSA) is 78.7 Å². The summed E-state index contributed by atoms with van der Waals surface area (Å²) in [5.41, 5.74) is 1.56. The fourth-order valence-corrected chi connectivity index (χ4v) is 2.97. The summed E-state index contributed by atoms with van der Waals surface area (Å²) in [6.45, 7) is 1.86. The summed E-state index contributed by atoms with van der Waals surface area (Å²) in [7, 11) is 1.61. The van der Waals surface area contributed by atoms with E-state index >= 15 is 0 Å². The zero-order valence-electron chi connectivity index (χ0n) is 15.0. The predicted molar refractivity (Wildman–Crippen MR) is 102 cm³/mol. The van der Waals surface area contributed by atoms with Gasteiger partial charge in [-0.15, -0.1) is 0 Å². The number of fused-ring (bicyclic) bond motifs is 1. The van der Waals surface area contributed by atoms with Crippen molar-refractivity contribution in [2.45, 2.75) is 19.4 Å². The van der Waals surface area contributed by atoms with E-state index in [0.29, 0.717) is 5.56 Å². The van der Waals surface area contributed by atoms with Crippen molar-refractivity contribution in [2.75, 3.05) is 7.11 Å². The van der Waals surface area contributed by atoms with E-state index in [0.717, 1.165) is 22.1 Å². The van der Waals surface area contributed by atoms with Crippen LogP contribution in [0.25, 0.3) is 10.8 Å². The lowest BCUT2D eigenvalue weighted by Crippen LogP contribution is -2.13. The summed E-state index contributed by atoms with van der Waals surface area (Å²) in [6.07, 6.45) is 0. The van der Waals surface area contributed by atoms with Crippen molar-refractivity contribution in [1.29, 1.82) is 0 Å². The van der Waals surface area contributed by atoms with E-state index in [4.69, 9.17) is 9.47 Å². The number of esters is 1. The molecule has 0 saturated carbocycles. The zero-order chi connectivity index (χ0) is 19.4. The average molecular weight is 365 g/mol. The van der Waals surface area contributed by atoms with Gasteiger partial charge in [-0.25, -0.2) is 0 Å². The van der Waals surface area contributed by atoms with Gasteiger partial charge in [-0.3, -0.25) is 14.9 Å². The van der Waals surface area contributed by atoms with Crippen LogP contribution in [0, 0.1) is 10.1 Å². The molecule has 0 N–H and O–H groups in total. The van der Waals surface area contributed by atoms with Gasteiger partial charge in [0, 0.05) is 17.5 Å². The third-order valence-corrected chi connectivity index (χ3v) is 4.49. The van der Waals surface area contributed by atoms with E-state index in [9.17, 15) is 14.9 Å². The minimum Gasteiger partial charge on any atom is -0.496 e. The van der Waals surface area contributed by atoms with Gasteiger partial charge in [0.2, 0.25) is 0 Å². The lowest BCUT2D eigenvalue weighted by Gasteiger charge is -2.16. The van der Waals surface area contributed by atoms with Crippen molar-refractivity contribution in [1.82, 2.24) is 0 Å². The highest BCUT2D eigenvalue weighted by atomic mass is 16.6. The summed E-state index contributed by atoms with van der Waals surface area (Å²) >= 11 is 0. The molecule has 0 amide bonds. The molecule has 6 heteroatoms. The number of nitro benzene ring substituents is 1. The van der Waals surface area contributed by atoms with Crippen molar-refractivity contribution in [3.05, 3.63) is 81.9 Å². The maximum Gasteiger partial charge on any atom is 0.313 e. The van der Waals surface area contributed by atoms with E-state index in [1.54, 1.807) is 26.2 Å². The number of hydrogen-bond donors (Lipinski definition) is 0. The maximum absolute atomic E-state index is 12.5. The molecule has 0 aliphatic carbocycles. The SMILES string of the molecule is COc1ccc([C@H](C)C(=O)OCc2ccc([N+](=O)[O-])cc2)c2ccccc12. The summed E-state index contributed by atoms with van der Waals surface area (Å²) in [5.74, 6) is -0.0664. The van der Waals surface area contributed by atoms with Crippen LogP contribution in [-0.4, -0.2) is 18.0 Å². The second-order valence-electron chi connectivity index (χ2n) is 6.16. The van der Waals surface area contributed by atoms with Gasteiger partial charge in [-0.1, -0.05) is 30.3 Å². The average Bonchev–Trinajstić information content (AvgIpc) is 2.70.